The second-order valence-corrected chi connectivity index (χ2v) is 8.84. The minimum atomic E-state index is -0.0217. The molecule has 2 heterocycles. The number of aromatic nitrogens is 1. The molecule has 1 N–H and O–H groups in total. The number of benzene rings is 2. The molecule has 2 aromatic carbocycles. The first-order valence-corrected chi connectivity index (χ1v) is 11.6. The Labute approximate surface area is 193 Å². The highest BCUT2D eigenvalue weighted by molar-refractivity contribution is 6.29. The molecule has 6 heteroatoms. The number of amides is 2. The molecule has 32 heavy (non-hydrogen) atoms. The smallest absolute Gasteiger partial charge is 0.254 e. The summed E-state index contributed by atoms with van der Waals surface area (Å²) < 4.78 is 0. The Kier molecular flexibility index (Phi) is 7.05. The van der Waals surface area contributed by atoms with Crippen molar-refractivity contribution in [3.8, 4) is 0 Å². The van der Waals surface area contributed by atoms with Crippen molar-refractivity contribution in [3.05, 3.63) is 77.1 Å². The number of hydrogen-bond acceptors (Lipinski definition) is 3. The van der Waals surface area contributed by atoms with E-state index in [9.17, 15) is 9.59 Å². The van der Waals surface area contributed by atoms with E-state index >= 15 is 0 Å². The van der Waals surface area contributed by atoms with Crippen LogP contribution in [-0.2, 0) is 11.3 Å². The van der Waals surface area contributed by atoms with Crippen molar-refractivity contribution in [2.24, 2.45) is 11.8 Å². The number of rotatable bonds is 6. The maximum atomic E-state index is 12.9. The summed E-state index contributed by atoms with van der Waals surface area (Å²) in [6.07, 6.45) is 3.80. The number of halogens is 1. The number of carbonyl (C=O) groups is 2. The summed E-state index contributed by atoms with van der Waals surface area (Å²) in [5, 5.41) is 5.78. The maximum absolute atomic E-state index is 12.9. The Morgan fingerprint density at radius 3 is 2.75 bits per heavy atom. The SMILES string of the molecule is CCC1CN(C(=O)c2ccnc(Cl)c2)CCC1CC(=O)NCc1cccc2ccccc12. The second-order valence-electron chi connectivity index (χ2n) is 8.45. The van der Waals surface area contributed by atoms with Crippen LogP contribution in [0.5, 0.6) is 0 Å². The summed E-state index contributed by atoms with van der Waals surface area (Å²) in [7, 11) is 0. The lowest BCUT2D eigenvalue weighted by atomic mass is 9.81. The number of nitrogens with zero attached hydrogens (tertiary/aromatic N) is 2. The fourth-order valence-electron chi connectivity index (χ4n) is 4.67. The number of pyridine rings is 1. The van der Waals surface area contributed by atoms with Gasteiger partial charge in [-0.05, 0) is 46.7 Å². The minimum Gasteiger partial charge on any atom is -0.352 e. The molecule has 3 aromatic rings. The second kappa shape index (κ2) is 10.1. The number of likely N-dealkylation sites (tertiary alicyclic amines) is 1. The number of nitrogens with one attached hydrogen (secondary N) is 1. The van der Waals surface area contributed by atoms with Crippen molar-refractivity contribution in [2.75, 3.05) is 13.1 Å². The molecule has 0 radical (unpaired) electrons. The standard InChI is InChI=1S/C26H28ClN3O2/c1-2-18-17-30(26(32)21-10-12-28-24(27)14-21)13-11-20(18)15-25(31)29-16-22-8-5-7-19-6-3-4-9-23(19)22/h3-10,12,14,18,20H,2,11,13,15-17H2,1H3,(H,29,31). The highest BCUT2D eigenvalue weighted by atomic mass is 35.5. The molecule has 0 aliphatic carbocycles. The number of carbonyl (C=O) groups excluding carboxylic acids is 2. The van der Waals surface area contributed by atoms with Gasteiger partial charge in [0, 0.05) is 37.8 Å². The van der Waals surface area contributed by atoms with Gasteiger partial charge >= 0.3 is 0 Å². The molecular weight excluding hydrogens is 422 g/mol. The third-order valence-electron chi connectivity index (χ3n) is 6.48. The van der Waals surface area contributed by atoms with Crippen LogP contribution in [0, 0.1) is 11.8 Å². The van der Waals surface area contributed by atoms with E-state index in [1.165, 1.54) is 10.8 Å². The van der Waals surface area contributed by atoms with E-state index in [1.807, 2.05) is 23.1 Å². The monoisotopic (exact) mass is 449 g/mol. The molecule has 166 valence electrons. The van der Waals surface area contributed by atoms with Gasteiger partial charge in [0.1, 0.15) is 5.15 Å². The van der Waals surface area contributed by atoms with E-state index in [0.29, 0.717) is 42.7 Å². The predicted octanol–water partition coefficient (Wildman–Crippen LogP) is 5.08. The predicted molar refractivity (Wildman–Crippen MR) is 127 cm³/mol. The Hall–Kier alpha value is -2.92. The van der Waals surface area contributed by atoms with Crippen molar-refractivity contribution in [2.45, 2.75) is 32.7 Å². The highest BCUT2D eigenvalue weighted by Gasteiger charge is 2.32. The molecule has 1 aromatic heterocycles. The summed E-state index contributed by atoms with van der Waals surface area (Å²) in [6, 6.07) is 17.7. The molecular formula is C26H28ClN3O2. The van der Waals surface area contributed by atoms with Crippen LogP contribution in [0.2, 0.25) is 5.15 Å². The first kappa shape index (κ1) is 22.3. The molecule has 1 fully saturated rings. The van der Waals surface area contributed by atoms with Crippen molar-refractivity contribution in [1.82, 2.24) is 15.2 Å². The van der Waals surface area contributed by atoms with Crippen LogP contribution in [0.4, 0.5) is 0 Å². The van der Waals surface area contributed by atoms with Crippen LogP contribution in [-0.4, -0.2) is 34.8 Å². The fourth-order valence-corrected chi connectivity index (χ4v) is 4.84. The van der Waals surface area contributed by atoms with E-state index in [-0.39, 0.29) is 17.7 Å². The minimum absolute atomic E-state index is 0.0217. The van der Waals surface area contributed by atoms with Gasteiger partial charge in [0.15, 0.2) is 0 Å². The first-order valence-electron chi connectivity index (χ1n) is 11.2. The van der Waals surface area contributed by atoms with E-state index in [1.54, 1.807) is 18.3 Å². The van der Waals surface area contributed by atoms with Crippen LogP contribution in [0.15, 0.2) is 60.8 Å². The van der Waals surface area contributed by atoms with Gasteiger partial charge in [-0.1, -0.05) is 67.4 Å². The van der Waals surface area contributed by atoms with Crippen LogP contribution in [0.25, 0.3) is 10.8 Å². The molecule has 1 aliphatic heterocycles. The van der Waals surface area contributed by atoms with Crippen molar-refractivity contribution < 1.29 is 9.59 Å². The van der Waals surface area contributed by atoms with Crippen LogP contribution in [0.3, 0.4) is 0 Å². The summed E-state index contributed by atoms with van der Waals surface area (Å²) in [5.41, 5.74) is 1.69. The van der Waals surface area contributed by atoms with E-state index in [2.05, 4.69) is 41.5 Å². The fraction of sp³-hybridized carbons (Fsp3) is 0.346. The van der Waals surface area contributed by atoms with Gasteiger partial charge < -0.3 is 10.2 Å². The quantitative estimate of drug-likeness (QED) is 0.533. The van der Waals surface area contributed by atoms with Gasteiger partial charge in [-0.15, -0.1) is 0 Å². The molecule has 4 rings (SSSR count). The number of piperidine rings is 1. The zero-order valence-corrected chi connectivity index (χ0v) is 19.0. The van der Waals surface area contributed by atoms with Gasteiger partial charge in [0.05, 0.1) is 0 Å². The van der Waals surface area contributed by atoms with Gasteiger partial charge in [0.25, 0.3) is 5.91 Å². The third kappa shape index (κ3) is 5.10. The topological polar surface area (TPSA) is 62.3 Å². The molecule has 5 nitrogen and oxygen atoms in total. The molecule has 2 unspecified atom stereocenters. The van der Waals surface area contributed by atoms with E-state index < -0.39 is 0 Å². The molecule has 2 atom stereocenters. The molecule has 0 bridgehead atoms. The Bertz CT molecular complexity index is 1110. The molecule has 1 aliphatic rings. The number of fused-ring (bicyclic) bond motifs is 1. The van der Waals surface area contributed by atoms with Gasteiger partial charge in [-0.2, -0.15) is 0 Å². The third-order valence-corrected chi connectivity index (χ3v) is 6.69. The van der Waals surface area contributed by atoms with Crippen LogP contribution >= 0.6 is 11.6 Å². The zero-order valence-electron chi connectivity index (χ0n) is 18.3. The summed E-state index contributed by atoms with van der Waals surface area (Å²) in [6.45, 7) is 3.97. The van der Waals surface area contributed by atoms with Crippen LogP contribution < -0.4 is 5.32 Å². The maximum Gasteiger partial charge on any atom is 0.254 e. The van der Waals surface area contributed by atoms with Gasteiger partial charge in [-0.3, -0.25) is 9.59 Å². The van der Waals surface area contributed by atoms with Crippen molar-refractivity contribution in [3.63, 3.8) is 0 Å². The Balaban J connectivity index is 1.34. The molecule has 0 spiro atoms. The van der Waals surface area contributed by atoms with Gasteiger partial charge in [0.2, 0.25) is 5.91 Å². The lowest BCUT2D eigenvalue weighted by Gasteiger charge is -2.38. The average molecular weight is 450 g/mol. The average Bonchev–Trinajstić information content (AvgIpc) is 2.82. The number of hydrogen-bond donors (Lipinski definition) is 1. The molecule has 1 saturated heterocycles. The molecule has 2 amide bonds. The Morgan fingerprint density at radius 2 is 1.94 bits per heavy atom. The summed E-state index contributed by atoms with van der Waals surface area (Å²) in [5.74, 6) is 0.625. The lowest BCUT2D eigenvalue weighted by Crippen LogP contribution is -2.44. The van der Waals surface area contributed by atoms with Gasteiger partial charge in [-0.25, -0.2) is 4.98 Å². The van der Waals surface area contributed by atoms with Crippen molar-refractivity contribution in [1.29, 1.82) is 0 Å². The molecule has 0 saturated carbocycles. The highest BCUT2D eigenvalue weighted by Crippen LogP contribution is 2.30. The summed E-state index contributed by atoms with van der Waals surface area (Å²) >= 11 is 5.94. The zero-order chi connectivity index (χ0) is 22.5. The Morgan fingerprint density at radius 1 is 1.12 bits per heavy atom. The van der Waals surface area contributed by atoms with Crippen molar-refractivity contribution >= 4 is 34.2 Å². The van der Waals surface area contributed by atoms with E-state index in [0.717, 1.165) is 18.4 Å². The van der Waals surface area contributed by atoms with E-state index in [4.69, 9.17) is 11.6 Å². The normalized spacial score (nSPS) is 18.5. The largest absolute Gasteiger partial charge is 0.352 e. The lowest BCUT2D eigenvalue weighted by molar-refractivity contribution is -0.123. The first-order chi connectivity index (χ1) is 15.5. The summed E-state index contributed by atoms with van der Waals surface area (Å²) in [4.78, 5) is 31.4. The van der Waals surface area contributed by atoms with Crippen LogP contribution in [0.1, 0.15) is 42.1 Å².